The Hall–Kier alpha value is -1.56. The van der Waals surface area contributed by atoms with Crippen LogP contribution in [0, 0.1) is 6.92 Å². The van der Waals surface area contributed by atoms with E-state index >= 15 is 0 Å². The van der Waals surface area contributed by atoms with Gasteiger partial charge in [0.2, 0.25) is 5.91 Å². The van der Waals surface area contributed by atoms with Crippen molar-refractivity contribution in [2.24, 2.45) is 0 Å². The van der Waals surface area contributed by atoms with Crippen LogP contribution in [0.4, 0.5) is 16.2 Å². The van der Waals surface area contributed by atoms with Gasteiger partial charge < -0.3 is 9.64 Å². The van der Waals surface area contributed by atoms with Crippen LogP contribution in [-0.2, 0) is 9.53 Å². The molecular weight excluding hydrogens is 348 g/mol. The van der Waals surface area contributed by atoms with E-state index < -0.39 is 11.7 Å². The first kappa shape index (κ1) is 16.8. The molecular formula is C16H21BrN2O3. The number of amides is 2. The number of ether oxygens (including phenoxy) is 1. The third-order valence-corrected chi connectivity index (χ3v) is 3.84. The summed E-state index contributed by atoms with van der Waals surface area (Å²) >= 11 is 3.48. The highest BCUT2D eigenvalue weighted by Crippen LogP contribution is 2.30. The first-order valence-corrected chi connectivity index (χ1v) is 8.12. The number of rotatable bonds is 2. The number of hydrogen-bond donors (Lipinski definition) is 1. The fourth-order valence-corrected chi connectivity index (χ4v) is 2.86. The number of carbonyl (C=O) groups excluding carboxylic acids is 2. The molecule has 1 saturated heterocycles. The second-order valence-corrected chi connectivity index (χ2v) is 7.73. The largest absolute Gasteiger partial charge is 0.444 e. The molecule has 1 unspecified atom stereocenters. The van der Waals surface area contributed by atoms with Gasteiger partial charge in [-0.25, -0.2) is 4.79 Å². The molecule has 2 amide bonds. The molecule has 1 aliphatic rings. The third kappa shape index (κ3) is 4.22. The number of benzene rings is 1. The number of hydrogen-bond acceptors (Lipinski definition) is 3. The summed E-state index contributed by atoms with van der Waals surface area (Å²) in [6.45, 7) is 8.02. The minimum absolute atomic E-state index is 0.0828. The van der Waals surface area contributed by atoms with E-state index in [0.717, 1.165) is 11.3 Å². The predicted octanol–water partition coefficient (Wildman–Crippen LogP) is 3.84. The van der Waals surface area contributed by atoms with Crippen molar-refractivity contribution in [1.29, 1.82) is 0 Å². The van der Waals surface area contributed by atoms with E-state index in [9.17, 15) is 9.59 Å². The zero-order valence-corrected chi connectivity index (χ0v) is 14.9. The van der Waals surface area contributed by atoms with E-state index in [1.54, 1.807) is 11.0 Å². The SMILES string of the molecule is Cc1ccc(NC(=O)OC(C)(C)C)cc1N1CC(Br)CC1=O. The summed E-state index contributed by atoms with van der Waals surface area (Å²) in [7, 11) is 0. The fraction of sp³-hybridized carbons (Fsp3) is 0.500. The number of halogens is 1. The first-order chi connectivity index (χ1) is 10.2. The first-order valence-electron chi connectivity index (χ1n) is 7.21. The topological polar surface area (TPSA) is 58.6 Å². The molecule has 0 aromatic heterocycles. The lowest BCUT2D eigenvalue weighted by Gasteiger charge is -2.22. The summed E-state index contributed by atoms with van der Waals surface area (Å²) in [5.41, 5.74) is 1.87. The van der Waals surface area contributed by atoms with Crippen LogP contribution in [0.5, 0.6) is 0 Å². The third-order valence-electron chi connectivity index (χ3n) is 3.22. The van der Waals surface area contributed by atoms with Gasteiger partial charge in [-0.2, -0.15) is 0 Å². The molecule has 0 aliphatic carbocycles. The normalized spacial score (nSPS) is 18.5. The predicted molar refractivity (Wildman–Crippen MR) is 90.7 cm³/mol. The molecule has 1 atom stereocenters. The van der Waals surface area contributed by atoms with E-state index in [-0.39, 0.29) is 10.7 Å². The van der Waals surface area contributed by atoms with Crippen molar-refractivity contribution in [2.45, 2.75) is 44.5 Å². The van der Waals surface area contributed by atoms with Crippen LogP contribution >= 0.6 is 15.9 Å². The monoisotopic (exact) mass is 368 g/mol. The second-order valence-electron chi connectivity index (χ2n) is 6.43. The van der Waals surface area contributed by atoms with E-state index in [2.05, 4.69) is 21.2 Å². The van der Waals surface area contributed by atoms with Crippen LogP contribution in [0.15, 0.2) is 18.2 Å². The highest BCUT2D eigenvalue weighted by atomic mass is 79.9. The molecule has 120 valence electrons. The zero-order valence-electron chi connectivity index (χ0n) is 13.3. The maximum Gasteiger partial charge on any atom is 0.412 e. The van der Waals surface area contributed by atoms with Gasteiger partial charge in [0.1, 0.15) is 5.60 Å². The molecule has 22 heavy (non-hydrogen) atoms. The second kappa shape index (κ2) is 6.28. The maximum atomic E-state index is 12.0. The van der Waals surface area contributed by atoms with Crippen molar-refractivity contribution in [3.05, 3.63) is 23.8 Å². The van der Waals surface area contributed by atoms with Gasteiger partial charge in [-0.05, 0) is 45.4 Å². The number of alkyl halides is 1. The van der Waals surface area contributed by atoms with E-state index in [0.29, 0.717) is 18.7 Å². The molecule has 1 N–H and O–H groups in total. The Bertz CT molecular complexity index is 596. The molecule has 6 heteroatoms. The Labute approximate surface area is 139 Å². The molecule has 1 aromatic rings. The molecule has 0 spiro atoms. The molecule has 1 aliphatic heterocycles. The Morgan fingerprint density at radius 2 is 2.09 bits per heavy atom. The number of nitrogens with one attached hydrogen (secondary N) is 1. The molecule has 2 rings (SSSR count). The van der Waals surface area contributed by atoms with Crippen molar-refractivity contribution in [2.75, 3.05) is 16.8 Å². The quantitative estimate of drug-likeness (QED) is 0.806. The Kier molecular flexibility index (Phi) is 4.80. The van der Waals surface area contributed by atoms with Gasteiger partial charge >= 0.3 is 6.09 Å². The minimum Gasteiger partial charge on any atom is -0.444 e. The minimum atomic E-state index is -0.550. The smallest absolute Gasteiger partial charge is 0.412 e. The molecule has 5 nitrogen and oxygen atoms in total. The van der Waals surface area contributed by atoms with Gasteiger partial charge in [0, 0.05) is 29.2 Å². The van der Waals surface area contributed by atoms with Gasteiger partial charge in [-0.3, -0.25) is 10.1 Å². The number of nitrogens with zero attached hydrogens (tertiary/aromatic N) is 1. The van der Waals surface area contributed by atoms with Crippen LogP contribution in [0.2, 0.25) is 0 Å². The lowest BCUT2D eigenvalue weighted by Crippen LogP contribution is -2.28. The molecule has 0 saturated carbocycles. The van der Waals surface area contributed by atoms with Crippen LogP contribution in [0.3, 0.4) is 0 Å². The number of carbonyl (C=O) groups is 2. The van der Waals surface area contributed by atoms with Crippen LogP contribution in [0.1, 0.15) is 32.8 Å². The molecule has 1 heterocycles. The number of aryl methyl sites for hydroxylation is 1. The summed E-state index contributed by atoms with van der Waals surface area (Å²) in [6.07, 6.45) is -0.0168. The van der Waals surface area contributed by atoms with Gasteiger partial charge in [-0.1, -0.05) is 22.0 Å². The Morgan fingerprint density at radius 3 is 2.64 bits per heavy atom. The van der Waals surface area contributed by atoms with E-state index in [4.69, 9.17) is 4.74 Å². The van der Waals surface area contributed by atoms with Gasteiger partial charge in [0.15, 0.2) is 0 Å². The van der Waals surface area contributed by atoms with Crippen molar-refractivity contribution >= 4 is 39.3 Å². The standard InChI is InChI=1S/C16H21BrN2O3/c1-10-5-6-12(18-15(21)22-16(2,3)4)8-13(10)19-9-11(17)7-14(19)20/h5-6,8,11H,7,9H2,1-4H3,(H,18,21). The molecule has 1 fully saturated rings. The summed E-state index contributed by atoms with van der Waals surface area (Å²) in [5, 5.41) is 2.70. The van der Waals surface area contributed by atoms with Crippen LogP contribution in [0.25, 0.3) is 0 Å². The maximum absolute atomic E-state index is 12.0. The summed E-state index contributed by atoms with van der Waals surface area (Å²) in [5.74, 6) is 0.0828. The summed E-state index contributed by atoms with van der Waals surface area (Å²) in [6, 6.07) is 5.49. The van der Waals surface area contributed by atoms with Gasteiger partial charge in [0.25, 0.3) is 0 Å². The van der Waals surface area contributed by atoms with Crippen molar-refractivity contribution < 1.29 is 14.3 Å². The van der Waals surface area contributed by atoms with Crippen molar-refractivity contribution in [3.63, 3.8) is 0 Å². The molecule has 0 radical (unpaired) electrons. The van der Waals surface area contributed by atoms with Gasteiger partial charge in [0.05, 0.1) is 0 Å². The fourth-order valence-electron chi connectivity index (χ4n) is 2.30. The van der Waals surface area contributed by atoms with E-state index in [1.165, 1.54) is 0 Å². The van der Waals surface area contributed by atoms with Crippen molar-refractivity contribution in [1.82, 2.24) is 0 Å². The summed E-state index contributed by atoms with van der Waals surface area (Å²) in [4.78, 5) is 25.8. The molecule has 1 aromatic carbocycles. The summed E-state index contributed by atoms with van der Waals surface area (Å²) < 4.78 is 5.24. The zero-order chi connectivity index (χ0) is 16.5. The van der Waals surface area contributed by atoms with E-state index in [1.807, 2.05) is 39.8 Å². The highest BCUT2D eigenvalue weighted by molar-refractivity contribution is 9.09. The van der Waals surface area contributed by atoms with Crippen LogP contribution in [-0.4, -0.2) is 29.0 Å². The number of anilines is 2. The Balaban J connectivity index is 2.17. The highest BCUT2D eigenvalue weighted by Gasteiger charge is 2.29. The van der Waals surface area contributed by atoms with Crippen LogP contribution < -0.4 is 10.2 Å². The lowest BCUT2D eigenvalue weighted by molar-refractivity contribution is -0.117. The average Bonchev–Trinajstić information content (AvgIpc) is 2.68. The van der Waals surface area contributed by atoms with Gasteiger partial charge in [-0.15, -0.1) is 0 Å². The lowest BCUT2D eigenvalue weighted by atomic mass is 10.1. The molecule has 0 bridgehead atoms. The van der Waals surface area contributed by atoms with Crippen molar-refractivity contribution in [3.8, 4) is 0 Å². The Morgan fingerprint density at radius 1 is 1.41 bits per heavy atom. The average molecular weight is 369 g/mol.